The quantitative estimate of drug-likeness (QED) is 0.0901. The second-order valence-corrected chi connectivity index (χ2v) is 20.9. The maximum atomic E-state index is 2.39. The standard InChI is InChI=1S/C76H66N4/c1-5-55(3)57-31-39-65(40-32-57)77(63-23-9-7-10-24-63)67-47-51-71(52-48-67)79(75-29-17-21-61-19-13-15-27-73(61)75)69-43-35-59(36-44-69)60-37-45-70(46-38-60)80(76-30-18-22-62-20-14-16-28-74(62)76)72-53-49-68(50-54-72)78(64-25-11-8-12-26-64)66-41-33-58(34-42-66)56(4)6-2/h7-56H,5-6H2,1-4H3. The number of hydrogen-bond donors (Lipinski definition) is 0. The largest absolute Gasteiger partial charge is 0.311 e. The molecule has 12 aromatic carbocycles. The maximum Gasteiger partial charge on any atom is 0.0540 e. The molecule has 0 saturated heterocycles. The minimum Gasteiger partial charge on any atom is -0.311 e. The Balaban J connectivity index is 0.879. The summed E-state index contributed by atoms with van der Waals surface area (Å²) < 4.78 is 0. The lowest BCUT2D eigenvalue weighted by Gasteiger charge is -2.29. The van der Waals surface area contributed by atoms with E-state index in [1.165, 1.54) is 32.7 Å². The number of fused-ring (bicyclic) bond motifs is 2. The van der Waals surface area contributed by atoms with E-state index in [1.54, 1.807) is 0 Å². The van der Waals surface area contributed by atoms with Crippen molar-refractivity contribution in [3.05, 3.63) is 302 Å². The first kappa shape index (κ1) is 51.1. The van der Waals surface area contributed by atoms with Crippen LogP contribution in [0.4, 0.5) is 68.2 Å². The summed E-state index contributed by atoms with van der Waals surface area (Å²) in [5.74, 6) is 1.02. The van der Waals surface area contributed by atoms with Crippen LogP contribution in [0.1, 0.15) is 63.5 Å². The van der Waals surface area contributed by atoms with Gasteiger partial charge in [0.15, 0.2) is 0 Å². The number of rotatable bonds is 17. The molecular formula is C76H66N4. The zero-order chi connectivity index (χ0) is 54.4. The fourth-order valence-electron chi connectivity index (χ4n) is 11.2. The van der Waals surface area contributed by atoms with Crippen LogP contribution in [0.5, 0.6) is 0 Å². The van der Waals surface area contributed by atoms with E-state index in [0.717, 1.165) is 92.2 Å². The number of benzene rings is 12. The van der Waals surface area contributed by atoms with Gasteiger partial charge in [0, 0.05) is 67.6 Å². The topological polar surface area (TPSA) is 13.0 Å². The van der Waals surface area contributed by atoms with Gasteiger partial charge in [-0.15, -0.1) is 0 Å². The van der Waals surface area contributed by atoms with E-state index in [1.807, 2.05) is 0 Å². The average Bonchev–Trinajstić information content (AvgIpc) is 3.54. The summed E-state index contributed by atoms with van der Waals surface area (Å²) >= 11 is 0. The van der Waals surface area contributed by atoms with Crippen LogP contribution in [0.25, 0.3) is 32.7 Å². The normalized spacial score (nSPS) is 12.0. The fraction of sp³-hybridized carbons (Fsp3) is 0.105. The van der Waals surface area contributed by atoms with Crippen molar-refractivity contribution in [2.75, 3.05) is 19.6 Å². The molecule has 12 aromatic rings. The van der Waals surface area contributed by atoms with Crippen LogP contribution < -0.4 is 19.6 Å². The highest BCUT2D eigenvalue weighted by atomic mass is 15.2. The molecule has 0 aromatic heterocycles. The number of hydrogen-bond acceptors (Lipinski definition) is 4. The summed E-state index contributed by atoms with van der Waals surface area (Å²) in [5.41, 5.74) is 18.3. The van der Waals surface area contributed by atoms with Crippen LogP contribution >= 0.6 is 0 Å². The fourth-order valence-corrected chi connectivity index (χ4v) is 11.2. The summed E-state index contributed by atoms with van der Waals surface area (Å²) in [6.07, 6.45) is 2.22. The predicted molar refractivity (Wildman–Crippen MR) is 343 cm³/mol. The van der Waals surface area contributed by atoms with E-state index < -0.39 is 0 Å². The van der Waals surface area contributed by atoms with Crippen molar-refractivity contribution < 1.29 is 0 Å². The van der Waals surface area contributed by atoms with Crippen LogP contribution in [0.2, 0.25) is 0 Å². The van der Waals surface area contributed by atoms with Gasteiger partial charge < -0.3 is 19.6 Å². The van der Waals surface area contributed by atoms with E-state index in [4.69, 9.17) is 0 Å². The Labute approximate surface area is 472 Å². The van der Waals surface area contributed by atoms with Gasteiger partial charge in [-0.3, -0.25) is 0 Å². The van der Waals surface area contributed by atoms with Crippen molar-refractivity contribution in [1.82, 2.24) is 0 Å². The molecule has 4 nitrogen and oxygen atoms in total. The number of nitrogens with zero attached hydrogens (tertiary/aromatic N) is 4. The molecule has 2 atom stereocenters. The molecular weight excluding hydrogens is 969 g/mol. The Kier molecular flexibility index (Phi) is 14.8. The van der Waals surface area contributed by atoms with Gasteiger partial charge in [0.1, 0.15) is 0 Å². The molecule has 0 saturated carbocycles. The highest BCUT2D eigenvalue weighted by Gasteiger charge is 2.21. The molecule has 0 aliphatic carbocycles. The summed E-state index contributed by atoms with van der Waals surface area (Å²) in [5, 5.41) is 4.78. The summed E-state index contributed by atoms with van der Waals surface area (Å²) in [6.45, 7) is 9.10. The summed E-state index contributed by atoms with van der Waals surface area (Å²) in [4.78, 5) is 9.47. The van der Waals surface area contributed by atoms with Crippen molar-refractivity contribution in [1.29, 1.82) is 0 Å². The molecule has 0 heterocycles. The number of para-hydroxylation sites is 2. The highest BCUT2D eigenvalue weighted by Crippen LogP contribution is 2.45. The smallest absolute Gasteiger partial charge is 0.0540 e. The Morgan fingerprint density at radius 3 is 0.812 bits per heavy atom. The van der Waals surface area contributed by atoms with Crippen molar-refractivity contribution in [2.45, 2.75) is 52.4 Å². The van der Waals surface area contributed by atoms with Crippen LogP contribution in [-0.4, -0.2) is 0 Å². The van der Waals surface area contributed by atoms with Gasteiger partial charge in [0.2, 0.25) is 0 Å². The summed E-state index contributed by atoms with van der Waals surface area (Å²) in [6, 6.07) is 106. The average molecular weight is 1040 g/mol. The van der Waals surface area contributed by atoms with Gasteiger partial charge in [-0.05, 0) is 191 Å². The van der Waals surface area contributed by atoms with E-state index in [-0.39, 0.29) is 0 Å². The zero-order valence-corrected chi connectivity index (χ0v) is 46.1. The molecule has 80 heavy (non-hydrogen) atoms. The van der Waals surface area contributed by atoms with Crippen LogP contribution in [0, 0.1) is 0 Å². The van der Waals surface area contributed by atoms with Crippen LogP contribution in [-0.2, 0) is 0 Å². The van der Waals surface area contributed by atoms with Gasteiger partial charge in [0.05, 0.1) is 11.4 Å². The molecule has 4 heteroatoms. The molecule has 0 radical (unpaired) electrons. The lowest BCUT2D eigenvalue weighted by Crippen LogP contribution is -2.12. The lowest BCUT2D eigenvalue weighted by molar-refractivity contribution is 0.733. The molecule has 0 fully saturated rings. The zero-order valence-electron chi connectivity index (χ0n) is 46.1. The van der Waals surface area contributed by atoms with Crippen LogP contribution in [0.3, 0.4) is 0 Å². The monoisotopic (exact) mass is 1030 g/mol. The second kappa shape index (κ2) is 23.1. The Bertz CT molecular complexity index is 3700. The third-order valence-electron chi connectivity index (χ3n) is 16.0. The molecule has 0 bridgehead atoms. The van der Waals surface area contributed by atoms with Gasteiger partial charge in [-0.2, -0.15) is 0 Å². The first-order valence-corrected chi connectivity index (χ1v) is 28.3. The first-order chi connectivity index (χ1) is 39.4. The van der Waals surface area contributed by atoms with Gasteiger partial charge >= 0.3 is 0 Å². The van der Waals surface area contributed by atoms with Gasteiger partial charge in [-0.1, -0.05) is 185 Å². The molecule has 0 spiro atoms. The molecule has 0 aliphatic rings. The molecule has 0 amide bonds. The maximum absolute atomic E-state index is 2.39. The Morgan fingerprint density at radius 2 is 0.487 bits per heavy atom. The molecule has 390 valence electrons. The molecule has 0 aliphatic heterocycles. The van der Waals surface area contributed by atoms with Gasteiger partial charge in [0.25, 0.3) is 0 Å². The lowest BCUT2D eigenvalue weighted by atomic mass is 9.98. The molecule has 0 N–H and O–H groups in total. The van der Waals surface area contributed by atoms with Crippen molar-refractivity contribution in [3.8, 4) is 11.1 Å². The minimum absolute atomic E-state index is 0.512. The van der Waals surface area contributed by atoms with E-state index in [2.05, 4.69) is 338 Å². The summed E-state index contributed by atoms with van der Waals surface area (Å²) in [7, 11) is 0. The Morgan fingerprint density at radius 1 is 0.237 bits per heavy atom. The first-order valence-electron chi connectivity index (χ1n) is 28.3. The molecule has 2 unspecified atom stereocenters. The third-order valence-corrected chi connectivity index (χ3v) is 16.0. The predicted octanol–water partition coefficient (Wildman–Crippen LogP) is 22.6. The number of anilines is 12. The van der Waals surface area contributed by atoms with Crippen LogP contribution in [0.15, 0.2) is 291 Å². The van der Waals surface area contributed by atoms with Crippen molar-refractivity contribution >= 4 is 89.8 Å². The van der Waals surface area contributed by atoms with E-state index >= 15 is 0 Å². The van der Waals surface area contributed by atoms with Gasteiger partial charge in [-0.25, -0.2) is 0 Å². The van der Waals surface area contributed by atoms with E-state index in [9.17, 15) is 0 Å². The third kappa shape index (κ3) is 10.4. The second-order valence-electron chi connectivity index (χ2n) is 20.9. The SMILES string of the molecule is CCC(C)c1ccc(N(c2ccccc2)c2ccc(N(c3ccc(-c4ccc(N(c5ccc(N(c6ccccc6)c6ccc(C(C)CC)cc6)cc5)c5cccc6ccccc56)cc4)cc3)c3cccc4ccccc34)cc2)cc1. The Hall–Kier alpha value is -9.64. The van der Waals surface area contributed by atoms with Crippen molar-refractivity contribution in [3.63, 3.8) is 0 Å². The molecule has 12 rings (SSSR count). The van der Waals surface area contributed by atoms with E-state index in [0.29, 0.717) is 11.8 Å². The van der Waals surface area contributed by atoms with Crippen molar-refractivity contribution in [2.24, 2.45) is 0 Å². The minimum atomic E-state index is 0.512. The highest BCUT2D eigenvalue weighted by molar-refractivity contribution is 6.01.